The maximum Gasteiger partial charge on any atom is 0.272 e. The zero-order chi connectivity index (χ0) is 20.8. The predicted molar refractivity (Wildman–Crippen MR) is 106 cm³/mol. The summed E-state index contributed by atoms with van der Waals surface area (Å²) in [5, 5.41) is 11.5. The maximum absolute atomic E-state index is 12.4. The fourth-order valence-electron chi connectivity index (χ4n) is 2.81. The van der Waals surface area contributed by atoms with Crippen LogP contribution in [0.5, 0.6) is 17.2 Å². The number of aryl methyl sites for hydroxylation is 2. The topological polar surface area (TPSA) is 92.4 Å². The molecule has 0 radical (unpaired) electrons. The monoisotopic (exact) mass is 399 g/mol. The highest BCUT2D eigenvalue weighted by atomic mass is 16.5. The first-order valence-corrected chi connectivity index (χ1v) is 9.24. The molecule has 0 unspecified atom stereocenters. The molecule has 2 heterocycles. The van der Waals surface area contributed by atoms with E-state index in [9.17, 15) is 4.79 Å². The third-order valence-electron chi connectivity index (χ3n) is 4.41. The van der Waals surface area contributed by atoms with Gasteiger partial charge in [0, 0.05) is 31.0 Å². The number of rotatable bonds is 9. The summed E-state index contributed by atoms with van der Waals surface area (Å²) >= 11 is 0. The Morgan fingerprint density at radius 1 is 1.10 bits per heavy atom. The van der Waals surface area contributed by atoms with Crippen LogP contribution >= 0.6 is 0 Å². The first-order valence-electron chi connectivity index (χ1n) is 9.24. The number of aromatic nitrogens is 4. The van der Waals surface area contributed by atoms with Crippen molar-refractivity contribution in [2.24, 2.45) is 0 Å². The minimum Gasteiger partial charge on any atom is -0.493 e. The molecule has 0 saturated heterocycles. The number of ether oxygens (including phenoxy) is 3. The van der Waals surface area contributed by atoms with Gasteiger partial charge in [0.05, 0.1) is 19.9 Å². The predicted octanol–water partition coefficient (Wildman–Crippen LogP) is 2.39. The number of carbonyl (C=O) groups excluding carboxylic acids is 1. The van der Waals surface area contributed by atoms with Crippen LogP contribution in [0.4, 0.5) is 0 Å². The van der Waals surface area contributed by atoms with Gasteiger partial charge in [-0.3, -0.25) is 9.48 Å². The van der Waals surface area contributed by atoms with Crippen LogP contribution in [0.25, 0.3) is 0 Å². The number of nitrogens with zero attached hydrogens (tertiary/aromatic N) is 4. The van der Waals surface area contributed by atoms with Crippen molar-refractivity contribution in [3.8, 4) is 17.2 Å². The lowest BCUT2D eigenvalue weighted by Gasteiger charge is -2.13. The summed E-state index contributed by atoms with van der Waals surface area (Å²) in [6.07, 6.45) is 3.61. The molecule has 9 nitrogen and oxygen atoms in total. The number of para-hydroxylation sites is 1. The Morgan fingerprint density at radius 3 is 2.45 bits per heavy atom. The summed E-state index contributed by atoms with van der Waals surface area (Å²) < 4.78 is 19.8. The number of hydrogen-bond donors (Lipinski definition) is 1. The smallest absolute Gasteiger partial charge is 0.272 e. The molecule has 9 heteroatoms. The van der Waals surface area contributed by atoms with Crippen LogP contribution < -0.4 is 19.5 Å². The van der Waals surface area contributed by atoms with Gasteiger partial charge < -0.3 is 19.5 Å². The van der Waals surface area contributed by atoms with Gasteiger partial charge in [0.15, 0.2) is 18.2 Å². The lowest BCUT2D eigenvalue weighted by Crippen LogP contribution is -2.23. The molecule has 0 bridgehead atoms. The van der Waals surface area contributed by atoms with E-state index < -0.39 is 0 Å². The molecule has 0 spiro atoms. The molecular formula is C20H25N5O4. The first-order chi connectivity index (χ1) is 14.0. The van der Waals surface area contributed by atoms with E-state index in [0.717, 1.165) is 17.8 Å². The largest absolute Gasteiger partial charge is 0.493 e. The zero-order valence-corrected chi connectivity index (χ0v) is 17.0. The molecule has 1 aromatic carbocycles. The molecule has 0 atom stereocenters. The SMILES string of the molecule is CCn1cc(CNC(=O)c2ccn(COc3c(OC)cccc3OC)n2)c(C)n1. The number of methoxy groups -OCH3 is 2. The summed E-state index contributed by atoms with van der Waals surface area (Å²) in [7, 11) is 3.12. The normalized spacial score (nSPS) is 10.6. The molecule has 3 rings (SSSR count). The number of hydrogen-bond acceptors (Lipinski definition) is 6. The number of nitrogens with one attached hydrogen (secondary N) is 1. The van der Waals surface area contributed by atoms with Crippen molar-refractivity contribution < 1.29 is 19.0 Å². The molecule has 2 aromatic heterocycles. The van der Waals surface area contributed by atoms with Gasteiger partial charge in [-0.05, 0) is 32.0 Å². The van der Waals surface area contributed by atoms with Crippen molar-refractivity contribution in [1.82, 2.24) is 24.9 Å². The third kappa shape index (κ3) is 4.68. The van der Waals surface area contributed by atoms with Crippen LogP contribution in [-0.4, -0.2) is 39.7 Å². The van der Waals surface area contributed by atoms with Gasteiger partial charge in [0.25, 0.3) is 5.91 Å². The van der Waals surface area contributed by atoms with Crippen molar-refractivity contribution in [3.63, 3.8) is 0 Å². The molecule has 0 aliphatic carbocycles. The van der Waals surface area contributed by atoms with E-state index in [1.807, 2.05) is 30.8 Å². The fraction of sp³-hybridized carbons (Fsp3) is 0.350. The van der Waals surface area contributed by atoms with Crippen molar-refractivity contribution in [2.45, 2.75) is 33.7 Å². The van der Waals surface area contributed by atoms with E-state index >= 15 is 0 Å². The zero-order valence-electron chi connectivity index (χ0n) is 17.0. The van der Waals surface area contributed by atoms with Crippen LogP contribution in [0.15, 0.2) is 36.7 Å². The van der Waals surface area contributed by atoms with Gasteiger partial charge in [-0.25, -0.2) is 4.68 Å². The average Bonchev–Trinajstić information content (AvgIpc) is 3.36. The third-order valence-corrected chi connectivity index (χ3v) is 4.41. The second-order valence-corrected chi connectivity index (χ2v) is 6.28. The van der Waals surface area contributed by atoms with E-state index in [1.54, 1.807) is 38.6 Å². The van der Waals surface area contributed by atoms with Crippen molar-refractivity contribution in [1.29, 1.82) is 0 Å². The van der Waals surface area contributed by atoms with Gasteiger partial charge in [0.2, 0.25) is 5.75 Å². The second-order valence-electron chi connectivity index (χ2n) is 6.28. The van der Waals surface area contributed by atoms with Crippen LogP contribution in [0.2, 0.25) is 0 Å². The molecule has 1 N–H and O–H groups in total. The molecule has 3 aromatic rings. The van der Waals surface area contributed by atoms with Gasteiger partial charge >= 0.3 is 0 Å². The molecular weight excluding hydrogens is 374 g/mol. The van der Waals surface area contributed by atoms with Gasteiger partial charge in [-0.2, -0.15) is 10.2 Å². The first kappa shape index (κ1) is 20.2. The molecule has 154 valence electrons. The lowest BCUT2D eigenvalue weighted by atomic mass is 10.2. The van der Waals surface area contributed by atoms with Crippen molar-refractivity contribution in [2.75, 3.05) is 14.2 Å². The van der Waals surface area contributed by atoms with Crippen molar-refractivity contribution in [3.05, 3.63) is 53.6 Å². The average molecular weight is 399 g/mol. The van der Waals surface area contributed by atoms with Crippen LogP contribution in [-0.2, 0) is 19.8 Å². The minimum absolute atomic E-state index is 0.104. The molecule has 0 aliphatic rings. The second kappa shape index (κ2) is 9.13. The van der Waals surface area contributed by atoms with E-state index in [1.165, 1.54) is 4.68 Å². The molecule has 0 fully saturated rings. The number of carbonyl (C=O) groups is 1. The summed E-state index contributed by atoms with van der Waals surface area (Å²) in [6, 6.07) is 7.01. The summed E-state index contributed by atoms with van der Waals surface area (Å²) in [6.45, 7) is 5.23. The van der Waals surface area contributed by atoms with E-state index in [2.05, 4.69) is 15.5 Å². The lowest BCUT2D eigenvalue weighted by molar-refractivity contribution is 0.0943. The van der Waals surface area contributed by atoms with E-state index in [-0.39, 0.29) is 12.6 Å². The number of benzene rings is 1. The Kier molecular flexibility index (Phi) is 6.38. The van der Waals surface area contributed by atoms with Crippen LogP contribution in [0.3, 0.4) is 0 Å². The molecule has 0 aliphatic heterocycles. The Labute approximate surface area is 169 Å². The van der Waals surface area contributed by atoms with Crippen LogP contribution in [0, 0.1) is 6.92 Å². The Hall–Kier alpha value is -3.49. The van der Waals surface area contributed by atoms with E-state index in [0.29, 0.717) is 29.5 Å². The minimum atomic E-state index is -0.262. The van der Waals surface area contributed by atoms with Crippen LogP contribution in [0.1, 0.15) is 28.7 Å². The Morgan fingerprint density at radius 2 is 1.83 bits per heavy atom. The number of amides is 1. The van der Waals surface area contributed by atoms with E-state index in [4.69, 9.17) is 14.2 Å². The Bertz CT molecular complexity index is 957. The van der Waals surface area contributed by atoms with Gasteiger partial charge in [-0.1, -0.05) is 6.07 Å². The summed E-state index contributed by atoms with van der Waals surface area (Å²) in [4.78, 5) is 12.4. The highest BCUT2D eigenvalue weighted by Crippen LogP contribution is 2.36. The maximum atomic E-state index is 12.4. The molecule has 0 saturated carbocycles. The standard InChI is InChI=1S/C20H25N5O4/c1-5-24-12-15(14(2)22-24)11-21-20(26)16-9-10-25(23-16)13-29-19-17(27-3)7-6-8-18(19)28-4/h6-10,12H,5,11,13H2,1-4H3,(H,21,26). The highest BCUT2D eigenvalue weighted by Gasteiger charge is 2.14. The van der Waals surface area contributed by atoms with Gasteiger partial charge in [0.1, 0.15) is 5.69 Å². The summed E-state index contributed by atoms with van der Waals surface area (Å²) in [5.74, 6) is 1.32. The highest BCUT2D eigenvalue weighted by molar-refractivity contribution is 5.92. The Balaban J connectivity index is 1.60. The molecule has 29 heavy (non-hydrogen) atoms. The quantitative estimate of drug-likeness (QED) is 0.594. The fourth-order valence-corrected chi connectivity index (χ4v) is 2.81. The van der Waals surface area contributed by atoms with Gasteiger partial charge in [-0.15, -0.1) is 0 Å². The summed E-state index contributed by atoms with van der Waals surface area (Å²) in [5.41, 5.74) is 2.18. The van der Waals surface area contributed by atoms with Crippen molar-refractivity contribution >= 4 is 5.91 Å². The molecule has 1 amide bonds.